The maximum absolute atomic E-state index is 13.4. The summed E-state index contributed by atoms with van der Waals surface area (Å²) in [4.78, 5) is 22.2. The molecule has 0 unspecified atom stereocenters. The van der Waals surface area contributed by atoms with Crippen LogP contribution in [0.2, 0.25) is 0 Å². The van der Waals surface area contributed by atoms with Gasteiger partial charge in [-0.1, -0.05) is 0 Å². The summed E-state index contributed by atoms with van der Waals surface area (Å²) in [5, 5.41) is 2.18. The van der Waals surface area contributed by atoms with Crippen LogP contribution in [0.25, 0.3) is 6.08 Å². The molecule has 0 aliphatic rings. The lowest BCUT2D eigenvalue weighted by molar-refractivity contribution is -0.137. The van der Waals surface area contributed by atoms with Gasteiger partial charge in [-0.2, -0.15) is 0 Å². The van der Waals surface area contributed by atoms with Gasteiger partial charge < -0.3 is 10.1 Å². The van der Waals surface area contributed by atoms with Crippen molar-refractivity contribution in [3.8, 4) is 0 Å². The zero-order chi connectivity index (χ0) is 13.7. The fourth-order valence-electron chi connectivity index (χ4n) is 1.23. The molecule has 1 N–H and O–H groups in total. The number of benzene rings is 1. The Balaban J connectivity index is 3.18. The van der Waals surface area contributed by atoms with Crippen LogP contribution in [0, 0.1) is 11.6 Å². The highest BCUT2D eigenvalue weighted by Gasteiger charge is 2.12. The first-order valence-electron chi connectivity index (χ1n) is 4.96. The summed E-state index contributed by atoms with van der Waals surface area (Å²) in [7, 11) is 1.11. The first kappa shape index (κ1) is 13.8. The average Bonchev–Trinajstić information content (AvgIpc) is 2.31. The fourth-order valence-corrected chi connectivity index (χ4v) is 1.23. The van der Waals surface area contributed by atoms with Crippen molar-refractivity contribution < 1.29 is 23.1 Å². The van der Waals surface area contributed by atoms with Crippen LogP contribution in [0.3, 0.4) is 0 Å². The molecule has 0 aliphatic carbocycles. The molecule has 1 aromatic rings. The molecule has 1 rings (SSSR count). The minimum absolute atomic E-state index is 0.163. The van der Waals surface area contributed by atoms with Gasteiger partial charge in [0.25, 0.3) is 0 Å². The molecule has 0 atom stereocenters. The average molecular weight is 255 g/mol. The standard InChI is InChI=1S/C12H11F2NO3/c1-7(16)15-11(12(17)18-2)6-8-5-9(13)3-4-10(8)14/h3-6H,1-2H3,(H,15,16)/b11-6+. The second kappa shape index (κ2) is 5.90. The van der Waals surface area contributed by atoms with Crippen LogP contribution in [-0.2, 0) is 14.3 Å². The predicted octanol–water partition coefficient (Wildman–Crippen LogP) is 1.61. The zero-order valence-corrected chi connectivity index (χ0v) is 9.79. The van der Waals surface area contributed by atoms with E-state index in [0.717, 1.165) is 31.4 Å². The molecule has 0 saturated heterocycles. The third-order valence-corrected chi connectivity index (χ3v) is 1.97. The summed E-state index contributed by atoms with van der Waals surface area (Å²) in [6.45, 7) is 1.18. The van der Waals surface area contributed by atoms with Crippen LogP contribution >= 0.6 is 0 Å². The largest absolute Gasteiger partial charge is 0.464 e. The number of hydrogen-bond acceptors (Lipinski definition) is 3. The Morgan fingerprint density at radius 3 is 2.56 bits per heavy atom. The Bertz CT molecular complexity index is 512. The molecule has 0 saturated carbocycles. The first-order chi connectivity index (χ1) is 8.43. The van der Waals surface area contributed by atoms with Gasteiger partial charge in [-0.3, -0.25) is 4.79 Å². The Hall–Kier alpha value is -2.24. The van der Waals surface area contributed by atoms with E-state index in [9.17, 15) is 18.4 Å². The number of ether oxygens (including phenoxy) is 1. The van der Waals surface area contributed by atoms with Gasteiger partial charge in [0.2, 0.25) is 5.91 Å². The van der Waals surface area contributed by atoms with Crippen LogP contribution in [0.5, 0.6) is 0 Å². The van der Waals surface area contributed by atoms with Crippen molar-refractivity contribution in [1.29, 1.82) is 0 Å². The number of halogens is 2. The Labute approximate surface area is 102 Å². The van der Waals surface area contributed by atoms with Crippen molar-refractivity contribution in [1.82, 2.24) is 5.32 Å². The van der Waals surface area contributed by atoms with E-state index in [1.807, 2.05) is 0 Å². The normalized spacial score (nSPS) is 11.0. The summed E-state index contributed by atoms with van der Waals surface area (Å²) in [6, 6.07) is 2.77. The highest BCUT2D eigenvalue weighted by molar-refractivity contribution is 5.97. The Kier molecular flexibility index (Phi) is 4.53. The number of carbonyl (C=O) groups excluding carboxylic acids is 2. The highest BCUT2D eigenvalue weighted by atomic mass is 19.1. The summed E-state index contributed by atoms with van der Waals surface area (Å²) in [5.41, 5.74) is -0.432. The smallest absolute Gasteiger partial charge is 0.354 e. The number of esters is 1. The topological polar surface area (TPSA) is 55.4 Å². The van der Waals surface area contributed by atoms with Crippen LogP contribution in [0.1, 0.15) is 12.5 Å². The fraction of sp³-hybridized carbons (Fsp3) is 0.167. The lowest BCUT2D eigenvalue weighted by atomic mass is 10.1. The highest BCUT2D eigenvalue weighted by Crippen LogP contribution is 2.13. The van der Waals surface area contributed by atoms with Crippen molar-refractivity contribution >= 4 is 18.0 Å². The van der Waals surface area contributed by atoms with E-state index in [1.54, 1.807) is 0 Å². The van der Waals surface area contributed by atoms with Crippen LogP contribution in [-0.4, -0.2) is 19.0 Å². The van der Waals surface area contributed by atoms with E-state index in [4.69, 9.17) is 0 Å². The number of methoxy groups -OCH3 is 1. The molecular weight excluding hydrogens is 244 g/mol. The van der Waals surface area contributed by atoms with Crippen molar-refractivity contribution in [3.05, 3.63) is 41.1 Å². The van der Waals surface area contributed by atoms with Crippen LogP contribution in [0.15, 0.2) is 23.9 Å². The molecule has 6 heteroatoms. The molecule has 0 spiro atoms. The molecule has 1 aromatic carbocycles. The second-order valence-corrected chi connectivity index (χ2v) is 3.40. The molecule has 0 bridgehead atoms. The minimum atomic E-state index is -0.853. The number of rotatable bonds is 3. The van der Waals surface area contributed by atoms with E-state index >= 15 is 0 Å². The minimum Gasteiger partial charge on any atom is -0.464 e. The summed E-state index contributed by atoms with van der Waals surface area (Å²) in [6.07, 6.45) is 1.01. The SMILES string of the molecule is COC(=O)/C(=C\c1cc(F)ccc1F)NC(C)=O. The molecule has 0 fully saturated rings. The quantitative estimate of drug-likeness (QED) is 0.659. The van der Waals surface area contributed by atoms with Gasteiger partial charge in [0.05, 0.1) is 7.11 Å². The zero-order valence-electron chi connectivity index (χ0n) is 9.79. The number of hydrogen-bond donors (Lipinski definition) is 1. The van der Waals surface area contributed by atoms with Gasteiger partial charge in [0.1, 0.15) is 17.3 Å². The van der Waals surface area contributed by atoms with E-state index < -0.39 is 23.5 Å². The molecule has 0 radical (unpaired) electrons. The lowest BCUT2D eigenvalue weighted by Gasteiger charge is -2.06. The molecule has 4 nitrogen and oxygen atoms in total. The lowest BCUT2D eigenvalue weighted by Crippen LogP contribution is -2.25. The molecule has 0 heterocycles. The van der Waals surface area contributed by atoms with Gasteiger partial charge in [-0.05, 0) is 24.3 Å². The number of carbonyl (C=O) groups is 2. The van der Waals surface area contributed by atoms with E-state index in [-0.39, 0.29) is 11.3 Å². The first-order valence-corrected chi connectivity index (χ1v) is 4.96. The third kappa shape index (κ3) is 3.65. The van der Waals surface area contributed by atoms with Gasteiger partial charge in [-0.25, -0.2) is 13.6 Å². The summed E-state index contributed by atoms with van der Waals surface area (Å²) in [5.74, 6) is -2.75. The van der Waals surface area contributed by atoms with Crippen molar-refractivity contribution in [2.45, 2.75) is 6.92 Å². The van der Waals surface area contributed by atoms with Gasteiger partial charge in [0.15, 0.2) is 0 Å². The number of amides is 1. The molecule has 0 aliphatic heterocycles. The summed E-state index contributed by atoms with van der Waals surface area (Å²) >= 11 is 0. The van der Waals surface area contributed by atoms with Crippen LogP contribution in [0.4, 0.5) is 8.78 Å². The maximum atomic E-state index is 13.4. The van der Waals surface area contributed by atoms with Gasteiger partial charge in [-0.15, -0.1) is 0 Å². The van der Waals surface area contributed by atoms with E-state index in [0.29, 0.717) is 0 Å². The molecular formula is C12H11F2NO3. The monoisotopic (exact) mass is 255 g/mol. The summed E-state index contributed by atoms with van der Waals surface area (Å²) < 4.78 is 30.7. The predicted molar refractivity (Wildman–Crippen MR) is 60.2 cm³/mol. The molecule has 1 amide bonds. The van der Waals surface area contributed by atoms with Crippen LogP contribution < -0.4 is 5.32 Å². The van der Waals surface area contributed by atoms with Crippen molar-refractivity contribution in [3.63, 3.8) is 0 Å². The van der Waals surface area contributed by atoms with E-state index in [1.165, 1.54) is 6.92 Å². The third-order valence-electron chi connectivity index (χ3n) is 1.97. The number of nitrogens with one attached hydrogen (secondary N) is 1. The maximum Gasteiger partial charge on any atom is 0.354 e. The Morgan fingerprint density at radius 2 is 2.00 bits per heavy atom. The Morgan fingerprint density at radius 1 is 1.33 bits per heavy atom. The molecule has 0 aromatic heterocycles. The van der Waals surface area contributed by atoms with Gasteiger partial charge >= 0.3 is 5.97 Å². The second-order valence-electron chi connectivity index (χ2n) is 3.40. The van der Waals surface area contributed by atoms with Gasteiger partial charge in [0, 0.05) is 12.5 Å². The van der Waals surface area contributed by atoms with Crippen molar-refractivity contribution in [2.24, 2.45) is 0 Å². The molecule has 96 valence electrons. The van der Waals surface area contributed by atoms with Crippen molar-refractivity contribution in [2.75, 3.05) is 7.11 Å². The molecule has 18 heavy (non-hydrogen) atoms. The van der Waals surface area contributed by atoms with E-state index in [2.05, 4.69) is 10.1 Å².